The van der Waals surface area contributed by atoms with Gasteiger partial charge in [0.2, 0.25) is 5.91 Å². The van der Waals surface area contributed by atoms with Crippen molar-refractivity contribution < 1.29 is 39.9 Å². The average molecular weight is 508 g/mol. The molecule has 3 atom stereocenters. The van der Waals surface area contributed by atoms with E-state index in [2.05, 4.69) is 5.32 Å². The van der Waals surface area contributed by atoms with Crippen molar-refractivity contribution in [3.8, 4) is 0 Å². The molecule has 3 unspecified atom stereocenters. The molecule has 2 aromatic rings. The van der Waals surface area contributed by atoms with Crippen molar-refractivity contribution in [1.82, 2.24) is 10.2 Å². The monoisotopic (exact) mass is 508 g/mol. The normalized spacial score (nSPS) is 19.9. The van der Waals surface area contributed by atoms with Gasteiger partial charge in [0.25, 0.3) is 0 Å². The lowest BCUT2D eigenvalue weighted by atomic mass is 9.83. The first kappa shape index (κ1) is 26.9. The van der Waals surface area contributed by atoms with Gasteiger partial charge in [0.1, 0.15) is 12.0 Å². The van der Waals surface area contributed by atoms with Crippen LogP contribution in [0.15, 0.2) is 42.5 Å². The van der Waals surface area contributed by atoms with E-state index in [1.54, 1.807) is 0 Å². The Morgan fingerprint density at radius 1 is 1.03 bits per heavy atom. The Balaban J connectivity index is 1.84. The molecule has 1 saturated heterocycles. The van der Waals surface area contributed by atoms with E-state index in [1.807, 2.05) is 0 Å². The zero-order valence-electron chi connectivity index (χ0n) is 18.7. The Morgan fingerprint density at radius 2 is 1.60 bits per heavy atom. The second kappa shape index (κ2) is 10.5. The molecular weight excluding hydrogens is 484 g/mol. The fourth-order valence-corrected chi connectivity index (χ4v) is 4.25. The second-order valence-electron chi connectivity index (χ2n) is 8.66. The van der Waals surface area contributed by atoms with Crippen LogP contribution in [0.25, 0.3) is 0 Å². The van der Waals surface area contributed by atoms with E-state index < -0.39 is 59.9 Å². The van der Waals surface area contributed by atoms with Crippen LogP contribution in [0.2, 0.25) is 0 Å². The molecule has 1 heterocycles. The van der Waals surface area contributed by atoms with E-state index in [0.717, 1.165) is 4.90 Å². The van der Waals surface area contributed by atoms with Crippen molar-refractivity contribution in [3.05, 3.63) is 70.5 Å². The minimum absolute atomic E-state index is 0.0199. The Labute approximate surface area is 197 Å². The number of carbonyl (C=O) groups excluding carboxylic acids is 1. The van der Waals surface area contributed by atoms with Crippen molar-refractivity contribution in [1.29, 1.82) is 0 Å². The van der Waals surface area contributed by atoms with Gasteiger partial charge in [-0.15, -0.1) is 0 Å². The molecule has 0 radical (unpaired) electrons. The third-order valence-corrected chi connectivity index (χ3v) is 6.05. The molecule has 1 N–H and O–H groups in total. The highest BCUT2D eigenvalue weighted by molar-refractivity contribution is 5.77. The number of rotatable bonds is 6. The van der Waals surface area contributed by atoms with Gasteiger partial charge in [0, 0.05) is 32.0 Å². The Kier molecular flexibility index (Phi) is 8.08. The highest BCUT2D eigenvalue weighted by Crippen LogP contribution is 2.37. The average Bonchev–Trinajstić information content (AvgIpc) is 2.77. The quantitative estimate of drug-likeness (QED) is 0.480. The zero-order valence-corrected chi connectivity index (χ0v) is 18.7. The maximum atomic E-state index is 14.7. The highest BCUT2D eigenvalue weighted by atomic mass is 19.4. The molecule has 1 amide bonds. The summed E-state index contributed by atoms with van der Waals surface area (Å²) in [5.41, 5.74) is -2.80. The number of nitrogens with zero attached hydrogens (tertiary/aromatic N) is 1. The molecule has 1 aliphatic rings. The van der Waals surface area contributed by atoms with Gasteiger partial charge in [-0.2, -0.15) is 26.3 Å². The van der Waals surface area contributed by atoms with Crippen molar-refractivity contribution >= 4 is 5.91 Å². The first-order chi connectivity index (χ1) is 16.3. The minimum Gasteiger partial charge on any atom is -0.341 e. The van der Waals surface area contributed by atoms with Gasteiger partial charge >= 0.3 is 12.4 Å². The smallest absolute Gasteiger partial charge is 0.341 e. The maximum absolute atomic E-state index is 14.7. The molecule has 0 aromatic heterocycles. The van der Waals surface area contributed by atoms with Crippen LogP contribution in [0.4, 0.5) is 35.1 Å². The van der Waals surface area contributed by atoms with E-state index in [9.17, 15) is 39.9 Å². The van der Waals surface area contributed by atoms with Gasteiger partial charge in [0.05, 0.1) is 11.1 Å². The predicted octanol–water partition coefficient (Wildman–Crippen LogP) is 6.09. The number of amides is 1. The van der Waals surface area contributed by atoms with E-state index in [-0.39, 0.29) is 24.5 Å². The molecule has 3 nitrogen and oxygen atoms in total. The summed E-state index contributed by atoms with van der Waals surface area (Å²) < 4.78 is 107. The van der Waals surface area contributed by atoms with Crippen LogP contribution in [0, 0.1) is 5.82 Å². The Morgan fingerprint density at radius 3 is 2.11 bits per heavy atom. The largest absolute Gasteiger partial charge is 0.416 e. The molecule has 1 aliphatic heterocycles. The summed E-state index contributed by atoms with van der Waals surface area (Å²) in [5.74, 6) is -1.84. The van der Waals surface area contributed by atoms with Crippen LogP contribution >= 0.6 is 0 Å². The van der Waals surface area contributed by atoms with Crippen LogP contribution in [0.3, 0.4) is 0 Å². The standard InChI is InChI=1S/C24H24F8N2O/c1-34(13-14-9-16(23(27,28)29)11-17(10-14)24(30,31)32)21(35)12-19(15-4-6-18(25)7-5-15)22-20(26)3-2-8-33-22/h4-7,9-11,19-20,22,33H,2-3,8,12-13H2,1H3. The molecule has 192 valence electrons. The molecule has 1 fully saturated rings. The summed E-state index contributed by atoms with van der Waals surface area (Å²) in [6, 6.07) is 5.61. The first-order valence-electron chi connectivity index (χ1n) is 10.9. The lowest BCUT2D eigenvalue weighted by molar-refractivity contribution is -0.143. The summed E-state index contributed by atoms with van der Waals surface area (Å²) >= 11 is 0. The number of carbonyl (C=O) groups is 1. The molecule has 0 bridgehead atoms. The van der Waals surface area contributed by atoms with E-state index in [1.165, 1.54) is 31.3 Å². The van der Waals surface area contributed by atoms with Gasteiger partial charge < -0.3 is 10.2 Å². The SMILES string of the molecule is CN(Cc1cc(C(F)(F)F)cc(C(F)(F)F)c1)C(=O)CC(c1ccc(F)cc1)C1NCCCC1F. The van der Waals surface area contributed by atoms with E-state index >= 15 is 0 Å². The molecular formula is C24H24F8N2O. The molecule has 0 saturated carbocycles. The van der Waals surface area contributed by atoms with Crippen molar-refractivity contribution in [3.63, 3.8) is 0 Å². The van der Waals surface area contributed by atoms with E-state index in [0.29, 0.717) is 30.7 Å². The van der Waals surface area contributed by atoms with Crippen LogP contribution in [0.5, 0.6) is 0 Å². The third-order valence-electron chi connectivity index (χ3n) is 6.05. The molecule has 3 rings (SSSR count). The van der Waals surface area contributed by atoms with Gasteiger partial charge in [-0.25, -0.2) is 8.78 Å². The zero-order chi connectivity index (χ0) is 26.0. The van der Waals surface area contributed by atoms with Crippen LogP contribution in [-0.2, 0) is 23.7 Å². The van der Waals surface area contributed by atoms with Crippen molar-refractivity contribution in [2.45, 2.75) is 56.3 Å². The lowest BCUT2D eigenvalue weighted by Gasteiger charge is -2.35. The number of hydrogen-bond donors (Lipinski definition) is 1. The molecule has 0 aliphatic carbocycles. The van der Waals surface area contributed by atoms with Crippen LogP contribution in [-0.4, -0.2) is 36.6 Å². The molecule has 2 aromatic carbocycles. The Bertz CT molecular complexity index is 987. The fourth-order valence-electron chi connectivity index (χ4n) is 4.25. The number of hydrogen-bond acceptors (Lipinski definition) is 2. The number of piperidine rings is 1. The summed E-state index contributed by atoms with van der Waals surface area (Å²) in [5, 5.41) is 3.03. The second-order valence-corrected chi connectivity index (χ2v) is 8.66. The highest BCUT2D eigenvalue weighted by Gasteiger charge is 2.38. The molecule has 0 spiro atoms. The number of benzene rings is 2. The predicted molar refractivity (Wildman–Crippen MR) is 113 cm³/mol. The maximum Gasteiger partial charge on any atom is 0.416 e. The Hall–Kier alpha value is -2.69. The van der Waals surface area contributed by atoms with Crippen molar-refractivity contribution in [2.75, 3.05) is 13.6 Å². The van der Waals surface area contributed by atoms with E-state index in [4.69, 9.17) is 0 Å². The van der Waals surface area contributed by atoms with Crippen molar-refractivity contribution in [2.24, 2.45) is 0 Å². The third kappa shape index (κ3) is 6.93. The molecule has 35 heavy (non-hydrogen) atoms. The molecule has 11 heteroatoms. The van der Waals surface area contributed by atoms with Gasteiger partial charge in [0.15, 0.2) is 0 Å². The van der Waals surface area contributed by atoms with Gasteiger partial charge in [-0.3, -0.25) is 4.79 Å². The number of halogens is 8. The fraction of sp³-hybridized carbons (Fsp3) is 0.458. The summed E-state index contributed by atoms with van der Waals surface area (Å²) in [6.45, 7) is -0.00359. The number of alkyl halides is 7. The number of nitrogens with one attached hydrogen (secondary N) is 1. The summed E-state index contributed by atoms with van der Waals surface area (Å²) in [4.78, 5) is 14.0. The topological polar surface area (TPSA) is 32.3 Å². The van der Waals surface area contributed by atoms with Crippen LogP contribution in [0.1, 0.15) is 47.4 Å². The minimum atomic E-state index is -5.00. The first-order valence-corrected chi connectivity index (χ1v) is 10.9. The van der Waals surface area contributed by atoms with Crippen LogP contribution < -0.4 is 5.32 Å². The lowest BCUT2D eigenvalue weighted by Crippen LogP contribution is -2.47. The van der Waals surface area contributed by atoms with Gasteiger partial charge in [-0.1, -0.05) is 12.1 Å². The summed E-state index contributed by atoms with van der Waals surface area (Å²) in [7, 11) is 1.25. The van der Waals surface area contributed by atoms with Gasteiger partial charge in [-0.05, 0) is 60.8 Å². The summed E-state index contributed by atoms with van der Waals surface area (Å²) in [6.07, 6.45) is -10.7.